The highest BCUT2D eigenvalue weighted by atomic mass is 35.5. The van der Waals surface area contributed by atoms with Gasteiger partial charge in [-0.05, 0) is 6.92 Å². The zero-order chi connectivity index (χ0) is 7.72. The van der Waals surface area contributed by atoms with Crippen LogP contribution >= 0.6 is 11.6 Å². The Balaban J connectivity index is 2.46. The predicted molar refractivity (Wildman–Crippen MR) is 36.8 cm³/mol. The van der Waals surface area contributed by atoms with Crippen molar-refractivity contribution in [2.45, 2.75) is 37.2 Å². The van der Waals surface area contributed by atoms with Crippen LogP contribution in [-0.4, -0.2) is 34.1 Å². The molecule has 4 unspecified atom stereocenters. The van der Waals surface area contributed by atoms with Crippen LogP contribution in [0.1, 0.15) is 13.3 Å². The molecule has 1 aliphatic rings. The highest BCUT2D eigenvalue weighted by Crippen LogP contribution is 2.21. The molecule has 60 valence electrons. The van der Waals surface area contributed by atoms with Crippen molar-refractivity contribution in [1.29, 1.82) is 0 Å². The van der Waals surface area contributed by atoms with E-state index in [4.69, 9.17) is 26.6 Å². The van der Waals surface area contributed by atoms with Gasteiger partial charge >= 0.3 is 0 Å². The summed E-state index contributed by atoms with van der Waals surface area (Å²) in [6.45, 7) is 1.73. The summed E-state index contributed by atoms with van der Waals surface area (Å²) in [5.41, 5.74) is -0.668. The first-order valence-electron chi connectivity index (χ1n) is 3.27. The fraction of sp³-hybridized carbons (Fsp3) is 1.00. The molecule has 10 heavy (non-hydrogen) atoms. The summed E-state index contributed by atoms with van der Waals surface area (Å²) in [6, 6.07) is 0. The van der Waals surface area contributed by atoms with Crippen LogP contribution in [0.5, 0.6) is 0 Å². The van der Waals surface area contributed by atoms with E-state index in [0.717, 1.165) is 0 Å². The van der Waals surface area contributed by atoms with Crippen molar-refractivity contribution in [3.8, 4) is 0 Å². The minimum absolute atomic E-state index is 0.272. The molecule has 0 aliphatic carbocycles. The fourth-order valence-corrected chi connectivity index (χ4v) is 1.20. The molecule has 3 nitrogen and oxygen atoms in total. The lowest BCUT2D eigenvalue weighted by atomic mass is 10.1. The molecule has 0 amide bonds. The maximum atomic E-state index is 9.12. The fourth-order valence-electron chi connectivity index (χ4n) is 0.932. The van der Waals surface area contributed by atoms with E-state index in [9.17, 15) is 0 Å². The molecule has 2 N–H and O–H groups in total. The Hall–Kier alpha value is 0.170. The van der Waals surface area contributed by atoms with Crippen molar-refractivity contribution in [2.75, 3.05) is 0 Å². The van der Waals surface area contributed by atoms with E-state index in [1.54, 1.807) is 6.92 Å². The van der Waals surface area contributed by atoms with Crippen LogP contribution in [0.4, 0.5) is 0 Å². The van der Waals surface area contributed by atoms with Crippen LogP contribution in [0.15, 0.2) is 0 Å². The van der Waals surface area contributed by atoms with Crippen LogP contribution in [-0.2, 0) is 4.74 Å². The van der Waals surface area contributed by atoms with Crippen molar-refractivity contribution in [3.05, 3.63) is 0 Å². The molecular formula is C6H11ClO3. The Morgan fingerprint density at radius 2 is 2.00 bits per heavy atom. The minimum Gasteiger partial charge on any atom is -0.390 e. The zero-order valence-corrected chi connectivity index (χ0v) is 6.45. The minimum atomic E-state index is -0.743. The van der Waals surface area contributed by atoms with Gasteiger partial charge in [-0.3, -0.25) is 0 Å². The lowest BCUT2D eigenvalue weighted by Crippen LogP contribution is -2.43. The average Bonchev–Trinajstić information content (AvgIpc) is 1.84. The van der Waals surface area contributed by atoms with Crippen LogP contribution in [0.2, 0.25) is 0 Å². The van der Waals surface area contributed by atoms with E-state index >= 15 is 0 Å². The maximum absolute atomic E-state index is 9.12. The monoisotopic (exact) mass is 166 g/mol. The number of halogens is 1. The molecule has 0 radical (unpaired) electrons. The molecule has 0 saturated carbocycles. The highest BCUT2D eigenvalue weighted by Gasteiger charge is 2.32. The van der Waals surface area contributed by atoms with Gasteiger partial charge < -0.3 is 14.9 Å². The van der Waals surface area contributed by atoms with E-state index in [1.165, 1.54) is 0 Å². The van der Waals surface area contributed by atoms with Gasteiger partial charge in [-0.1, -0.05) is 11.6 Å². The van der Waals surface area contributed by atoms with Crippen LogP contribution in [0.3, 0.4) is 0 Å². The topological polar surface area (TPSA) is 49.7 Å². The molecule has 1 aliphatic heterocycles. The molecule has 0 aromatic heterocycles. The van der Waals surface area contributed by atoms with Gasteiger partial charge in [-0.25, -0.2) is 0 Å². The van der Waals surface area contributed by atoms with Crippen molar-refractivity contribution in [1.82, 2.24) is 0 Å². The standard InChI is InChI=1S/C6H11ClO3/c1-3-4(8)2-5(9)6(7)10-3/h3-6,8-9H,2H2,1H3. The number of hydrogen-bond donors (Lipinski definition) is 2. The molecule has 0 aromatic carbocycles. The number of alkyl halides is 1. The molecule has 1 saturated heterocycles. The second kappa shape index (κ2) is 3.05. The van der Waals surface area contributed by atoms with Gasteiger partial charge in [-0.15, -0.1) is 0 Å². The summed E-state index contributed by atoms with van der Waals surface area (Å²) in [6.07, 6.45) is -1.31. The summed E-state index contributed by atoms with van der Waals surface area (Å²) >= 11 is 5.54. The SMILES string of the molecule is CC1OC(Cl)C(O)CC1O. The third-order valence-corrected chi connectivity index (χ3v) is 2.07. The normalized spacial score (nSPS) is 49.2. The van der Waals surface area contributed by atoms with Gasteiger partial charge in [0.25, 0.3) is 0 Å². The Morgan fingerprint density at radius 3 is 2.50 bits per heavy atom. The number of hydrogen-bond acceptors (Lipinski definition) is 3. The predicted octanol–water partition coefficient (Wildman–Crippen LogP) is 0.0819. The Labute approximate surface area is 64.6 Å². The Kier molecular flexibility index (Phi) is 2.52. The van der Waals surface area contributed by atoms with Gasteiger partial charge in [-0.2, -0.15) is 0 Å². The first-order chi connectivity index (χ1) is 4.61. The third-order valence-electron chi connectivity index (χ3n) is 1.67. The molecule has 1 rings (SSSR count). The van der Waals surface area contributed by atoms with Gasteiger partial charge in [0.15, 0.2) is 5.56 Å². The third kappa shape index (κ3) is 1.61. The van der Waals surface area contributed by atoms with Crippen molar-refractivity contribution < 1.29 is 14.9 Å². The molecule has 4 atom stereocenters. The smallest absolute Gasteiger partial charge is 0.157 e. The summed E-state index contributed by atoms with van der Waals surface area (Å²) in [5.74, 6) is 0. The van der Waals surface area contributed by atoms with E-state index in [1.807, 2.05) is 0 Å². The van der Waals surface area contributed by atoms with E-state index in [-0.39, 0.29) is 6.10 Å². The van der Waals surface area contributed by atoms with Gasteiger partial charge in [0, 0.05) is 6.42 Å². The highest BCUT2D eigenvalue weighted by molar-refractivity contribution is 6.20. The second-order valence-corrected chi connectivity index (χ2v) is 2.99. The molecule has 0 bridgehead atoms. The lowest BCUT2D eigenvalue weighted by Gasteiger charge is -2.32. The lowest BCUT2D eigenvalue weighted by molar-refractivity contribution is -0.132. The molecule has 1 heterocycles. The van der Waals surface area contributed by atoms with Crippen molar-refractivity contribution >= 4 is 11.6 Å². The number of ether oxygens (including phenoxy) is 1. The summed E-state index contributed by atoms with van der Waals surface area (Å²) < 4.78 is 4.98. The first kappa shape index (κ1) is 8.27. The van der Waals surface area contributed by atoms with E-state index in [2.05, 4.69) is 0 Å². The van der Waals surface area contributed by atoms with Crippen LogP contribution in [0, 0.1) is 0 Å². The maximum Gasteiger partial charge on any atom is 0.157 e. The summed E-state index contributed by atoms with van der Waals surface area (Å²) in [7, 11) is 0. The van der Waals surface area contributed by atoms with E-state index < -0.39 is 17.8 Å². The number of aliphatic hydroxyl groups excluding tert-OH is 2. The molecule has 0 spiro atoms. The quantitative estimate of drug-likeness (QED) is 0.502. The van der Waals surface area contributed by atoms with Gasteiger partial charge in [0.1, 0.15) is 0 Å². The van der Waals surface area contributed by atoms with Crippen LogP contribution in [0.25, 0.3) is 0 Å². The van der Waals surface area contributed by atoms with E-state index in [0.29, 0.717) is 6.42 Å². The van der Waals surface area contributed by atoms with Crippen molar-refractivity contribution in [3.63, 3.8) is 0 Å². The molecule has 1 fully saturated rings. The summed E-state index contributed by atoms with van der Waals surface area (Å²) in [5, 5.41) is 18.2. The molecular weight excluding hydrogens is 156 g/mol. The van der Waals surface area contributed by atoms with Crippen LogP contribution < -0.4 is 0 Å². The average molecular weight is 167 g/mol. The zero-order valence-electron chi connectivity index (χ0n) is 5.70. The largest absolute Gasteiger partial charge is 0.390 e. The Morgan fingerprint density at radius 1 is 1.40 bits per heavy atom. The molecule has 4 heteroatoms. The molecule has 0 aromatic rings. The van der Waals surface area contributed by atoms with Crippen molar-refractivity contribution in [2.24, 2.45) is 0 Å². The summed E-state index contributed by atoms with van der Waals surface area (Å²) in [4.78, 5) is 0. The number of rotatable bonds is 0. The second-order valence-electron chi connectivity index (χ2n) is 2.56. The van der Waals surface area contributed by atoms with Gasteiger partial charge in [0.2, 0.25) is 0 Å². The Bertz CT molecular complexity index is 93.6. The number of aliphatic hydroxyl groups is 2. The van der Waals surface area contributed by atoms with Gasteiger partial charge in [0.05, 0.1) is 18.3 Å². The first-order valence-corrected chi connectivity index (χ1v) is 3.70.